The summed E-state index contributed by atoms with van der Waals surface area (Å²) in [5.41, 5.74) is 0. The maximum Gasteiger partial charge on any atom is 0.304 e. The van der Waals surface area contributed by atoms with Crippen LogP contribution < -0.4 is 0 Å². The Kier molecular flexibility index (Phi) is 4.96. The highest BCUT2D eigenvalue weighted by atomic mass is 32.1. The molecule has 0 radical (unpaired) electrons. The first-order chi connectivity index (χ1) is 7.54. The standard InChI is InChI=1S/C12H19NO2S/c1-4-10-5-6-11(16-10)9(2)13(3)8-7-12(14)15/h5-6,9H,4,7-8H2,1-3H3,(H,14,15). The molecule has 1 aromatic rings. The highest BCUT2D eigenvalue weighted by Gasteiger charge is 2.14. The van der Waals surface area contributed by atoms with Crippen LogP contribution in [0.25, 0.3) is 0 Å². The van der Waals surface area contributed by atoms with Gasteiger partial charge in [0.25, 0.3) is 0 Å². The van der Waals surface area contributed by atoms with Gasteiger partial charge in [-0.2, -0.15) is 0 Å². The van der Waals surface area contributed by atoms with E-state index in [9.17, 15) is 4.79 Å². The molecule has 0 amide bonds. The third-order valence-corrected chi connectivity index (χ3v) is 4.18. The second-order valence-electron chi connectivity index (χ2n) is 3.96. The molecule has 4 heteroatoms. The Bertz CT molecular complexity index is 349. The molecule has 1 heterocycles. The molecule has 3 nitrogen and oxygen atoms in total. The number of carboxylic acids is 1. The molecule has 0 spiro atoms. The minimum atomic E-state index is -0.737. The van der Waals surface area contributed by atoms with E-state index >= 15 is 0 Å². The zero-order valence-corrected chi connectivity index (χ0v) is 10.9. The van der Waals surface area contributed by atoms with Crippen LogP contribution in [0.3, 0.4) is 0 Å². The van der Waals surface area contributed by atoms with E-state index in [1.807, 2.05) is 18.4 Å². The van der Waals surface area contributed by atoms with E-state index in [1.165, 1.54) is 9.75 Å². The minimum absolute atomic E-state index is 0.201. The Morgan fingerprint density at radius 2 is 2.25 bits per heavy atom. The zero-order chi connectivity index (χ0) is 12.1. The second kappa shape index (κ2) is 6.01. The van der Waals surface area contributed by atoms with Crippen molar-refractivity contribution < 1.29 is 9.90 Å². The van der Waals surface area contributed by atoms with Crippen LogP contribution in [0.5, 0.6) is 0 Å². The predicted octanol–water partition coefficient (Wildman–Crippen LogP) is 2.78. The summed E-state index contributed by atoms with van der Waals surface area (Å²) in [4.78, 5) is 15.3. The Labute approximate surface area is 101 Å². The molecular formula is C12H19NO2S. The van der Waals surface area contributed by atoms with Gasteiger partial charge in [0.05, 0.1) is 6.42 Å². The van der Waals surface area contributed by atoms with Crippen molar-refractivity contribution in [1.82, 2.24) is 4.90 Å². The van der Waals surface area contributed by atoms with Crippen molar-refractivity contribution in [2.75, 3.05) is 13.6 Å². The van der Waals surface area contributed by atoms with E-state index < -0.39 is 5.97 Å². The lowest BCUT2D eigenvalue weighted by Crippen LogP contribution is -2.24. The molecule has 1 rings (SSSR count). The van der Waals surface area contributed by atoms with Crippen molar-refractivity contribution in [2.24, 2.45) is 0 Å². The molecular weight excluding hydrogens is 222 g/mol. The molecule has 0 bridgehead atoms. The fourth-order valence-electron chi connectivity index (χ4n) is 1.49. The van der Waals surface area contributed by atoms with Gasteiger partial charge >= 0.3 is 5.97 Å². The van der Waals surface area contributed by atoms with Gasteiger partial charge in [-0.25, -0.2) is 0 Å². The number of nitrogens with zero attached hydrogens (tertiary/aromatic N) is 1. The molecule has 0 aliphatic heterocycles. The quantitative estimate of drug-likeness (QED) is 0.832. The average Bonchev–Trinajstić information content (AvgIpc) is 2.73. The fraction of sp³-hybridized carbons (Fsp3) is 0.583. The van der Waals surface area contributed by atoms with Crippen LogP contribution in [0.2, 0.25) is 0 Å². The first-order valence-corrected chi connectivity index (χ1v) is 6.37. The van der Waals surface area contributed by atoms with Gasteiger partial charge in [-0.1, -0.05) is 6.92 Å². The van der Waals surface area contributed by atoms with Crippen LogP contribution >= 0.6 is 11.3 Å². The molecule has 0 fully saturated rings. The van der Waals surface area contributed by atoms with Crippen LogP contribution in [-0.4, -0.2) is 29.6 Å². The SMILES string of the molecule is CCc1ccc(C(C)N(C)CCC(=O)O)s1. The van der Waals surface area contributed by atoms with Crippen molar-refractivity contribution in [3.8, 4) is 0 Å². The van der Waals surface area contributed by atoms with E-state index in [0.29, 0.717) is 12.6 Å². The van der Waals surface area contributed by atoms with Crippen LogP contribution in [-0.2, 0) is 11.2 Å². The van der Waals surface area contributed by atoms with Gasteiger partial charge in [-0.3, -0.25) is 9.69 Å². The second-order valence-corrected chi connectivity index (χ2v) is 5.16. The monoisotopic (exact) mass is 241 g/mol. The summed E-state index contributed by atoms with van der Waals surface area (Å²) in [5, 5.41) is 8.63. The van der Waals surface area contributed by atoms with E-state index in [0.717, 1.165) is 6.42 Å². The fourth-order valence-corrected chi connectivity index (χ4v) is 2.56. The summed E-state index contributed by atoms with van der Waals surface area (Å²) >= 11 is 1.81. The van der Waals surface area contributed by atoms with E-state index in [1.54, 1.807) is 0 Å². The van der Waals surface area contributed by atoms with Gasteiger partial charge in [0, 0.05) is 22.3 Å². The highest BCUT2D eigenvalue weighted by molar-refractivity contribution is 7.12. The molecule has 0 aliphatic carbocycles. The summed E-state index contributed by atoms with van der Waals surface area (Å²) in [6, 6.07) is 4.59. The zero-order valence-electron chi connectivity index (χ0n) is 10.1. The molecule has 16 heavy (non-hydrogen) atoms. The van der Waals surface area contributed by atoms with Gasteiger partial charge in [-0.15, -0.1) is 11.3 Å². The van der Waals surface area contributed by atoms with Crippen molar-refractivity contribution in [3.63, 3.8) is 0 Å². The van der Waals surface area contributed by atoms with Gasteiger partial charge in [0.15, 0.2) is 0 Å². The summed E-state index contributed by atoms with van der Waals surface area (Å²) in [7, 11) is 1.97. The smallest absolute Gasteiger partial charge is 0.304 e. The number of aryl methyl sites for hydroxylation is 1. The number of hydrogen-bond acceptors (Lipinski definition) is 3. The lowest BCUT2D eigenvalue weighted by atomic mass is 10.2. The van der Waals surface area contributed by atoms with Gasteiger partial charge in [-0.05, 0) is 32.5 Å². The molecule has 1 aromatic heterocycles. The van der Waals surface area contributed by atoms with E-state index in [2.05, 4.69) is 30.9 Å². The number of hydrogen-bond donors (Lipinski definition) is 1. The summed E-state index contributed by atoms with van der Waals surface area (Å²) < 4.78 is 0. The maximum absolute atomic E-state index is 10.5. The first-order valence-electron chi connectivity index (χ1n) is 5.55. The summed E-state index contributed by atoms with van der Waals surface area (Å²) in [5.74, 6) is -0.737. The summed E-state index contributed by atoms with van der Waals surface area (Å²) in [6.45, 7) is 4.86. The lowest BCUT2D eigenvalue weighted by Gasteiger charge is -2.22. The third-order valence-electron chi connectivity index (χ3n) is 2.78. The first kappa shape index (κ1) is 13.2. The number of thiophene rings is 1. The maximum atomic E-state index is 10.5. The van der Waals surface area contributed by atoms with Gasteiger partial charge < -0.3 is 5.11 Å². The van der Waals surface area contributed by atoms with E-state index in [-0.39, 0.29) is 6.42 Å². The van der Waals surface area contributed by atoms with Crippen molar-refractivity contribution in [3.05, 3.63) is 21.9 Å². The van der Waals surface area contributed by atoms with Gasteiger partial charge in [0.1, 0.15) is 0 Å². The minimum Gasteiger partial charge on any atom is -0.481 e. The third kappa shape index (κ3) is 3.61. The Hall–Kier alpha value is -0.870. The largest absolute Gasteiger partial charge is 0.481 e. The predicted molar refractivity (Wildman–Crippen MR) is 67.0 cm³/mol. The number of rotatable bonds is 6. The number of carboxylic acid groups (broad SMARTS) is 1. The molecule has 1 unspecified atom stereocenters. The Balaban J connectivity index is 2.55. The van der Waals surface area contributed by atoms with Crippen LogP contribution in [0.4, 0.5) is 0 Å². The molecule has 90 valence electrons. The van der Waals surface area contributed by atoms with Crippen LogP contribution in [0, 0.1) is 0 Å². The molecule has 0 aliphatic rings. The van der Waals surface area contributed by atoms with Crippen molar-refractivity contribution >= 4 is 17.3 Å². The molecule has 0 saturated carbocycles. The normalized spacial score (nSPS) is 13.0. The number of aliphatic carboxylic acids is 1. The van der Waals surface area contributed by atoms with Crippen LogP contribution in [0.1, 0.15) is 36.1 Å². The molecule has 1 atom stereocenters. The van der Waals surface area contributed by atoms with Crippen molar-refractivity contribution in [1.29, 1.82) is 0 Å². The molecule has 0 aromatic carbocycles. The topological polar surface area (TPSA) is 40.5 Å². The Morgan fingerprint density at radius 1 is 1.56 bits per heavy atom. The number of carbonyl (C=O) groups is 1. The van der Waals surface area contributed by atoms with E-state index in [4.69, 9.17) is 5.11 Å². The Morgan fingerprint density at radius 3 is 2.75 bits per heavy atom. The van der Waals surface area contributed by atoms with Crippen LogP contribution in [0.15, 0.2) is 12.1 Å². The lowest BCUT2D eigenvalue weighted by molar-refractivity contribution is -0.137. The average molecular weight is 241 g/mol. The molecule has 0 saturated heterocycles. The van der Waals surface area contributed by atoms with Gasteiger partial charge in [0.2, 0.25) is 0 Å². The molecule has 1 N–H and O–H groups in total. The summed E-state index contributed by atoms with van der Waals surface area (Å²) in [6.07, 6.45) is 1.27. The van der Waals surface area contributed by atoms with Crippen molar-refractivity contribution in [2.45, 2.75) is 32.7 Å². The highest BCUT2D eigenvalue weighted by Crippen LogP contribution is 2.26.